The van der Waals surface area contributed by atoms with Crippen molar-refractivity contribution in [1.82, 2.24) is 0 Å². The number of hydrogen-bond donors (Lipinski definition) is 0. The second kappa shape index (κ2) is 3.82. The van der Waals surface area contributed by atoms with E-state index in [1.807, 2.05) is 6.07 Å². The lowest BCUT2D eigenvalue weighted by Gasteiger charge is -2.06. The molecule has 0 N–H and O–H groups in total. The lowest BCUT2D eigenvalue weighted by molar-refractivity contribution is 0.0995. The normalized spacial score (nSPS) is 13.9. The molecule has 3 nitrogen and oxygen atoms in total. The molecule has 14 heavy (non-hydrogen) atoms. The van der Waals surface area contributed by atoms with Crippen LogP contribution in [-0.2, 0) is 9.84 Å². The molecule has 1 atom stereocenters. The van der Waals surface area contributed by atoms with Crippen LogP contribution in [0.5, 0.6) is 0 Å². The van der Waals surface area contributed by atoms with Gasteiger partial charge in [-0.3, -0.25) is 4.79 Å². The van der Waals surface area contributed by atoms with E-state index >= 15 is 0 Å². The van der Waals surface area contributed by atoms with Gasteiger partial charge in [-0.1, -0.05) is 0 Å². The Morgan fingerprint density at radius 2 is 2.07 bits per heavy atom. The molecule has 0 aliphatic carbocycles. The third-order valence-electron chi connectivity index (χ3n) is 2.10. The van der Waals surface area contributed by atoms with E-state index in [2.05, 4.69) is 0 Å². The highest BCUT2D eigenvalue weighted by Gasteiger charge is 2.26. The Labute approximate surface area is 87.7 Å². The lowest BCUT2D eigenvalue weighted by Crippen LogP contribution is -2.26. The van der Waals surface area contributed by atoms with Crippen LogP contribution in [0.4, 0.5) is 0 Å². The molecule has 0 aromatic carbocycles. The molecule has 0 fully saturated rings. The maximum Gasteiger partial charge on any atom is 0.190 e. The van der Waals surface area contributed by atoms with E-state index in [9.17, 15) is 13.2 Å². The molecule has 0 saturated carbocycles. The Balaban J connectivity index is 3.04. The number of carbonyl (C=O) groups excluding carboxylic acids is 1. The molecule has 5 heteroatoms. The van der Waals surface area contributed by atoms with Crippen molar-refractivity contribution < 1.29 is 13.2 Å². The fourth-order valence-electron chi connectivity index (χ4n) is 1.00. The first-order chi connectivity index (χ1) is 6.34. The molecule has 1 aromatic heterocycles. The van der Waals surface area contributed by atoms with Crippen molar-refractivity contribution in [3.63, 3.8) is 0 Å². The average Bonchev–Trinajstić information content (AvgIpc) is 2.47. The first-order valence-electron chi connectivity index (χ1n) is 4.11. The van der Waals surface area contributed by atoms with Gasteiger partial charge in [-0.05, 0) is 30.9 Å². The van der Waals surface area contributed by atoms with Gasteiger partial charge in [-0.15, -0.1) is 11.3 Å². The summed E-state index contributed by atoms with van der Waals surface area (Å²) in [7, 11) is -3.29. The SMILES string of the molecule is Cc1ccsc1C(=O)C(C)S(C)(=O)=O. The molecule has 1 heterocycles. The van der Waals surface area contributed by atoms with Crippen molar-refractivity contribution in [2.45, 2.75) is 19.1 Å². The predicted octanol–water partition coefficient (Wildman–Crippen LogP) is 1.67. The molecule has 0 amide bonds. The highest BCUT2D eigenvalue weighted by Crippen LogP contribution is 2.19. The van der Waals surface area contributed by atoms with Gasteiger partial charge in [-0.25, -0.2) is 8.42 Å². The van der Waals surface area contributed by atoms with Gasteiger partial charge in [-0.2, -0.15) is 0 Å². The molecule has 1 rings (SSSR count). The Morgan fingerprint density at radius 1 is 1.50 bits per heavy atom. The molecule has 0 spiro atoms. The highest BCUT2D eigenvalue weighted by molar-refractivity contribution is 7.92. The van der Waals surface area contributed by atoms with Crippen LogP contribution in [0.3, 0.4) is 0 Å². The molecule has 0 saturated heterocycles. The minimum atomic E-state index is -3.29. The summed E-state index contributed by atoms with van der Waals surface area (Å²) in [5.74, 6) is -0.306. The Bertz CT molecular complexity index is 442. The van der Waals surface area contributed by atoms with Crippen molar-refractivity contribution in [3.8, 4) is 0 Å². The first kappa shape index (κ1) is 11.4. The van der Waals surface area contributed by atoms with Crippen LogP contribution in [0.15, 0.2) is 11.4 Å². The zero-order valence-electron chi connectivity index (χ0n) is 8.27. The molecule has 0 radical (unpaired) electrons. The summed E-state index contributed by atoms with van der Waals surface area (Å²) in [4.78, 5) is 12.2. The van der Waals surface area contributed by atoms with Crippen LogP contribution < -0.4 is 0 Å². The number of sulfone groups is 1. The van der Waals surface area contributed by atoms with E-state index in [4.69, 9.17) is 0 Å². The van der Waals surface area contributed by atoms with Gasteiger partial charge in [0.25, 0.3) is 0 Å². The summed E-state index contributed by atoms with van der Waals surface area (Å²) in [5, 5.41) is 0.845. The van der Waals surface area contributed by atoms with Gasteiger partial charge in [0, 0.05) is 6.26 Å². The van der Waals surface area contributed by atoms with E-state index in [-0.39, 0.29) is 5.78 Å². The maximum atomic E-state index is 11.7. The van der Waals surface area contributed by atoms with Gasteiger partial charge < -0.3 is 0 Å². The largest absolute Gasteiger partial charge is 0.292 e. The molecule has 0 aliphatic rings. The molecule has 78 valence electrons. The summed E-state index contributed by atoms with van der Waals surface area (Å²) in [6.07, 6.45) is 1.08. The van der Waals surface area contributed by atoms with Crippen molar-refractivity contribution in [2.75, 3.05) is 6.26 Å². The fourth-order valence-corrected chi connectivity index (χ4v) is 2.54. The number of hydrogen-bond acceptors (Lipinski definition) is 4. The predicted molar refractivity (Wildman–Crippen MR) is 57.7 cm³/mol. The minimum absolute atomic E-state index is 0.306. The molecule has 1 aromatic rings. The third kappa shape index (κ3) is 2.22. The minimum Gasteiger partial charge on any atom is -0.292 e. The Kier molecular flexibility index (Phi) is 3.11. The summed E-state index contributed by atoms with van der Waals surface area (Å²) < 4.78 is 22.3. The van der Waals surface area contributed by atoms with E-state index in [0.717, 1.165) is 11.8 Å². The highest BCUT2D eigenvalue weighted by atomic mass is 32.2. The Hall–Kier alpha value is -0.680. The van der Waals surface area contributed by atoms with Gasteiger partial charge in [0.2, 0.25) is 0 Å². The zero-order valence-corrected chi connectivity index (χ0v) is 9.91. The van der Waals surface area contributed by atoms with Crippen LogP contribution >= 0.6 is 11.3 Å². The smallest absolute Gasteiger partial charge is 0.190 e. The van der Waals surface area contributed by atoms with Crippen molar-refractivity contribution in [1.29, 1.82) is 0 Å². The van der Waals surface area contributed by atoms with Crippen LogP contribution in [0.1, 0.15) is 22.2 Å². The number of aryl methyl sites for hydroxylation is 1. The van der Waals surface area contributed by atoms with Crippen LogP contribution in [-0.4, -0.2) is 25.7 Å². The molecule has 0 aliphatic heterocycles. The number of Topliss-reactive ketones (excluding diaryl/α,β-unsaturated/α-hetero) is 1. The van der Waals surface area contributed by atoms with Crippen LogP contribution in [0.25, 0.3) is 0 Å². The second-order valence-corrected chi connectivity index (χ2v) is 6.55. The van der Waals surface area contributed by atoms with Gasteiger partial charge in [0.15, 0.2) is 15.6 Å². The monoisotopic (exact) mass is 232 g/mol. The topological polar surface area (TPSA) is 51.2 Å². The van der Waals surface area contributed by atoms with Crippen molar-refractivity contribution in [2.24, 2.45) is 0 Å². The number of ketones is 1. The summed E-state index contributed by atoms with van der Waals surface area (Å²) >= 11 is 1.29. The second-order valence-electron chi connectivity index (χ2n) is 3.27. The van der Waals surface area contributed by atoms with Gasteiger partial charge in [0.05, 0.1) is 4.88 Å². The van der Waals surface area contributed by atoms with Crippen molar-refractivity contribution in [3.05, 3.63) is 21.9 Å². The summed E-state index contributed by atoms with van der Waals surface area (Å²) in [6.45, 7) is 3.23. The van der Waals surface area contributed by atoms with Gasteiger partial charge in [0.1, 0.15) is 5.25 Å². The summed E-state index contributed by atoms with van der Waals surface area (Å²) in [6, 6.07) is 1.81. The third-order valence-corrected chi connectivity index (χ3v) is 4.63. The Morgan fingerprint density at radius 3 is 2.43 bits per heavy atom. The fraction of sp³-hybridized carbons (Fsp3) is 0.444. The van der Waals surface area contributed by atoms with Gasteiger partial charge >= 0.3 is 0 Å². The lowest BCUT2D eigenvalue weighted by atomic mass is 10.2. The maximum absolute atomic E-state index is 11.7. The number of thiophene rings is 1. The van der Waals surface area contributed by atoms with E-state index in [1.54, 1.807) is 12.3 Å². The molecule has 1 unspecified atom stereocenters. The van der Waals surface area contributed by atoms with Crippen LogP contribution in [0, 0.1) is 6.92 Å². The van der Waals surface area contributed by atoms with E-state index in [1.165, 1.54) is 18.3 Å². The zero-order chi connectivity index (χ0) is 10.9. The molecule has 0 bridgehead atoms. The molecular weight excluding hydrogens is 220 g/mol. The first-order valence-corrected chi connectivity index (χ1v) is 6.94. The number of carbonyl (C=O) groups is 1. The van der Waals surface area contributed by atoms with E-state index in [0.29, 0.717) is 4.88 Å². The summed E-state index contributed by atoms with van der Waals surface area (Å²) in [5.41, 5.74) is 0.843. The molecular formula is C9H12O3S2. The van der Waals surface area contributed by atoms with Crippen molar-refractivity contribution >= 4 is 27.0 Å². The van der Waals surface area contributed by atoms with Crippen LogP contribution in [0.2, 0.25) is 0 Å². The quantitative estimate of drug-likeness (QED) is 0.745. The van der Waals surface area contributed by atoms with E-state index < -0.39 is 15.1 Å². The number of rotatable bonds is 3. The average molecular weight is 232 g/mol. The standard InChI is InChI=1S/C9H12O3S2/c1-6-4-5-13-9(6)8(10)7(2)14(3,11)12/h4-5,7H,1-3H3.